The largest absolute Gasteiger partial charge is 0.369 e. The molecule has 130 valence electrons. The van der Waals surface area contributed by atoms with Gasteiger partial charge in [0.25, 0.3) is 10.0 Å². The first-order chi connectivity index (χ1) is 11.3. The number of sulfonamides is 1. The number of halogens is 2. The Hall–Kier alpha value is -0.990. The zero-order chi connectivity index (χ0) is 17.3. The summed E-state index contributed by atoms with van der Waals surface area (Å²) in [5, 5.41) is 0.243. The maximum Gasteiger partial charge on any atom is 0.271 e. The van der Waals surface area contributed by atoms with Crippen molar-refractivity contribution in [2.75, 3.05) is 42.8 Å². The summed E-state index contributed by atoms with van der Waals surface area (Å²) in [4.78, 5) is 4.58. The molecular formula is C15H17Cl2N3O2S2. The molecule has 1 fully saturated rings. The van der Waals surface area contributed by atoms with Gasteiger partial charge in [-0.1, -0.05) is 23.2 Å². The van der Waals surface area contributed by atoms with E-state index in [0.29, 0.717) is 5.69 Å². The van der Waals surface area contributed by atoms with Crippen LogP contribution in [0.3, 0.4) is 0 Å². The number of hydrogen-bond acceptors (Lipinski definition) is 5. The van der Waals surface area contributed by atoms with Gasteiger partial charge in [-0.05, 0) is 37.4 Å². The van der Waals surface area contributed by atoms with E-state index in [-0.39, 0.29) is 13.6 Å². The molecule has 0 atom stereocenters. The SMILES string of the molecule is CN1CCN(c2ccc(NS(=O)(=O)c3cc(Cl)c(Cl)s3)cc2)CC1. The first-order valence-corrected chi connectivity index (χ1v) is 10.4. The molecule has 1 aromatic carbocycles. The standard InChI is InChI=1S/C15H17Cl2N3O2S2/c1-19-6-8-20(9-7-19)12-4-2-11(3-5-12)18-24(21,22)14-10-13(16)15(17)23-14/h2-5,10,18H,6-9H2,1H3. The Morgan fingerprint density at radius 1 is 1.08 bits per heavy atom. The topological polar surface area (TPSA) is 52.6 Å². The fourth-order valence-electron chi connectivity index (χ4n) is 2.47. The van der Waals surface area contributed by atoms with Crippen LogP contribution in [0.5, 0.6) is 0 Å². The highest BCUT2D eigenvalue weighted by molar-refractivity contribution is 7.94. The Morgan fingerprint density at radius 2 is 1.71 bits per heavy atom. The lowest BCUT2D eigenvalue weighted by molar-refractivity contribution is 0.313. The van der Waals surface area contributed by atoms with Crippen molar-refractivity contribution in [1.82, 2.24) is 4.90 Å². The molecule has 0 unspecified atom stereocenters. The molecule has 2 aromatic rings. The second-order valence-electron chi connectivity index (χ2n) is 5.63. The third kappa shape index (κ3) is 3.97. The van der Waals surface area contributed by atoms with E-state index in [0.717, 1.165) is 43.2 Å². The first-order valence-electron chi connectivity index (χ1n) is 7.36. The number of thiophene rings is 1. The van der Waals surface area contributed by atoms with Crippen molar-refractivity contribution in [1.29, 1.82) is 0 Å². The summed E-state index contributed by atoms with van der Waals surface area (Å²) in [6.45, 7) is 3.98. The van der Waals surface area contributed by atoms with Gasteiger partial charge in [0.2, 0.25) is 0 Å². The molecule has 5 nitrogen and oxygen atoms in total. The van der Waals surface area contributed by atoms with Crippen LogP contribution >= 0.6 is 34.5 Å². The van der Waals surface area contributed by atoms with Gasteiger partial charge < -0.3 is 9.80 Å². The average Bonchev–Trinajstić information content (AvgIpc) is 2.89. The van der Waals surface area contributed by atoms with E-state index in [4.69, 9.17) is 23.2 Å². The van der Waals surface area contributed by atoms with Gasteiger partial charge in [-0.25, -0.2) is 8.42 Å². The monoisotopic (exact) mass is 405 g/mol. The van der Waals surface area contributed by atoms with Crippen LogP contribution < -0.4 is 9.62 Å². The van der Waals surface area contributed by atoms with Crippen LogP contribution in [-0.2, 0) is 10.0 Å². The highest BCUT2D eigenvalue weighted by Gasteiger charge is 2.20. The van der Waals surface area contributed by atoms with Crippen molar-refractivity contribution in [2.45, 2.75) is 4.21 Å². The number of anilines is 2. The van der Waals surface area contributed by atoms with Gasteiger partial charge >= 0.3 is 0 Å². The molecule has 9 heteroatoms. The third-order valence-electron chi connectivity index (χ3n) is 3.88. The summed E-state index contributed by atoms with van der Waals surface area (Å²) >= 11 is 12.6. The van der Waals surface area contributed by atoms with Crippen LogP contribution in [0.2, 0.25) is 9.36 Å². The molecule has 3 rings (SSSR count). The Bertz CT molecular complexity index is 794. The number of rotatable bonds is 4. The van der Waals surface area contributed by atoms with E-state index in [1.165, 1.54) is 6.07 Å². The van der Waals surface area contributed by atoms with Gasteiger partial charge in [-0.15, -0.1) is 11.3 Å². The normalized spacial score (nSPS) is 16.4. The van der Waals surface area contributed by atoms with Gasteiger partial charge in [0, 0.05) is 37.6 Å². The Morgan fingerprint density at radius 3 is 2.25 bits per heavy atom. The van der Waals surface area contributed by atoms with Crippen LogP contribution in [0.1, 0.15) is 0 Å². The van der Waals surface area contributed by atoms with Crippen molar-refractivity contribution in [2.24, 2.45) is 0 Å². The smallest absolute Gasteiger partial charge is 0.271 e. The quantitative estimate of drug-likeness (QED) is 0.843. The van der Waals surface area contributed by atoms with Crippen molar-refractivity contribution in [3.63, 3.8) is 0 Å². The van der Waals surface area contributed by atoms with E-state index >= 15 is 0 Å². The summed E-state index contributed by atoms with van der Waals surface area (Å²) in [5.74, 6) is 0. The van der Waals surface area contributed by atoms with E-state index in [2.05, 4.69) is 21.6 Å². The molecule has 1 aromatic heterocycles. The van der Waals surface area contributed by atoms with Crippen LogP contribution in [0, 0.1) is 0 Å². The molecule has 24 heavy (non-hydrogen) atoms. The highest BCUT2D eigenvalue weighted by Crippen LogP contribution is 2.35. The van der Waals surface area contributed by atoms with Crippen molar-refractivity contribution >= 4 is 55.9 Å². The average molecular weight is 406 g/mol. The van der Waals surface area contributed by atoms with Gasteiger partial charge in [-0.2, -0.15) is 0 Å². The molecule has 0 bridgehead atoms. The van der Waals surface area contributed by atoms with E-state index < -0.39 is 10.0 Å². The van der Waals surface area contributed by atoms with Gasteiger partial charge in [-0.3, -0.25) is 4.72 Å². The van der Waals surface area contributed by atoms with Crippen LogP contribution in [0.15, 0.2) is 34.5 Å². The predicted molar refractivity (Wildman–Crippen MR) is 101 cm³/mol. The van der Waals surface area contributed by atoms with Crippen LogP contribution in [0.4, 0.5) is 11.4 Å². The van der Waals surface area contributed by atoms with Crippen LogP contribution in [0.25, 0.3) is 0 Å². The molecule has 0 saturated carbocycles. The third-order valence-corrected chi connectivity index (χ3v) is 7.60. The number of hydrogen-bond donors (Lipinski definition) is 1. The first kappa shape index (κ1) is 17.8. The zero-order valence-corrected chi connectivity index (χ0v) is 16.1. The fourth-order valence-corrected chi connectivity index (χ4v) is 5.41. The molecular weight excluding hydrogens is 389 g/mol. The minimum Gasteiger partial charge on any atom is -0.369 e. The summed E-state index contributed by atoms with van der Waals surface area (Å²) in [6.07, 6.45) is 0. The lowest BCUT2D eigenvalue weighted by Crippen LogP contribution is -2.44. The summed E-state index contributed by atoms with van der Waals surface area (Å²) < 4.78 is 27.6. The lowest BCUT2D eigenvalue weighted by atomic mass is 10.2. The summed E-state index contributed by atoms with van der Waals surface area (Å²) in [6, 6.07) is 8.74. The number of piperazine rings is 1. The van der Waals surface area contributed by atoms with Crippen molar-refractivity contribution in [3.05, 3.63) is 39.7 Å². The van der Waals surface area contributed by atoms with Crippen LogP contribution in [-0.4, -0.2) is 46.5 Å². The summed E-state index contributed by atoms with van der Waals surface area (Å²) in [5.41, 5.74) is 1.60. The minimum absolute atomic E-state index is 0.0978. The van der Waals surface area contributed by atoms with Gasteiger partial charge in [0.1, 0.15) is 8.55 Å². The van der Waals surface area contributed by atoms with Gasteiger partial charge in [0.05, 0.1) is 5.02 Å². The number of nitrogens with one attached hydrogen (secondary N) is 1. The minimum atomic E-state index is -3.68. The second kappa shape index (κ2) is 7.09. The van der Waals surface area contributed by atoms with E-state index in [1.54, 1.807) is 12.1 Å². The van der Waals surface area contributed by atoms with Crippen molar-refractivity contribution < 1.29 is 8.42 Å². The second-order valence-corrected chi connectivity index (χ2v) is 9.60. The molecule has 0 radical (unpaired) electrons. The Labute approximate surface area is 155 Å². The number of likely N-dealkylation sites (N-methyl/N-ethyl adjacent to an activating group) is 1. The Balaban J connectivity index is 1.72. The molecule has 0 spiro atoms. The molecule has 2 heterocycles. The zero-order valence-electron chi connectivity index (χ0n) is 13.0. The Kier molecular flexibility index (Phi) is 5.27. The van der Waals surface area contributed by atoms with E-state index in [1.807, 2.05) is 12.1 Å². The maximum absolute atomic E-state index is 12.4. The number of benzene rings is 1. The maximum atomic E-state index is 12.4. The molecule has 1 aliphatic rings. The fraction of sp³-hybridized carbons (Fsp3) is 0.333. The molecule has 0 aliphatic carbocycles. The van der Waals surface area contributed by atoms with Gasteiger partial charge in [0.15, 0.2) is 0 Å². The molecule has 1 saturated heterocycles. The summed E-state index contributed by atoms with van der Waals surface area (Å²) in [7, 11) is -1.57. The van der Waals surface area contributed by atoms with Crippen molar-refractivity contribution in [3.8, 4) is 0 Å². The van der Waals surface area contributed by atoms with E-state index in [9.17, 15) is 8.42 Å². The predicted octanol–water partition coefficient (Wildman–Crippen LogP) is 3.61. The molecule has 1 N–H and O–H groups in total. The highest BCUT2D eigenvalue weighted by atomic mass is 35.5. The number of nitrogens with zero attached hydrogens (tertiary/aromatic N) is 2. The molecule has 0 amide bonds. The molecule has 1 aliphatic heterocycles. The lowest BCUT2D eigenvalue weighted by Gasteiger charge is -2.34.